The standard InChI is InChI=1S/C13H19N3O/c17-13-15-11-3-1-2-10(11)12(16-13)5-4-9-6-7-14-8-9/h9,14H,1-8H2,(H,15,16,17). The Hall–Kier alpha value is -1.16. The van der Waals surface area contributed by atoms with E-state index < -0.39 is 0 Å². The van der Waals surface area contributed by atoms with Crippen LogP contribution in [0.5, 0.6) is 0 Å². The van der Waals surface area contributed by atoms with Gasteiger partial charge >= 0.3 is 5.69 Å². The molecule has 0 radical (unpaired) electrons. The van der Waals surface area contributed by atoms with E-state index in [4.69, 9.17) is 0 Å². The van der Waals surface area contributed by atoms with Gasteiger partial charge in [0.1, 0.15) is 0 Å². The Morgan fingerprint density at radius 3 is 3.12 bits per heavy atom. The van der Waals surface area contributed by atoms with Crippen LogP contribution in [0.15, 0.2) is 4.79 Å². The first-order valence-corrected chi connectivity index (χ1v) is 6.64. The number of aryl methyl sites for hydroxylation is 2. The van der Waals surface area contributed by atoms with Crippen molar-refractivity contribution in [2.45, 2.75) is 38.5 Å². The molecule has 1 aliphatic heterocycles. The molecule has 4 nitrogen and oxygen atoms in total. The first-order valence-electron chi connectivity index (χ1n) is 6.64. The number of nitrogens with one attached hydrogen (secondary N) is 2. The Labute approximate surface area is 101 Å². The Morgan fingerprint density at radius 2 is 2.29 bits per heavy atom. The third-order valence-electron chi connectivity index (χ3n) is 4.01. The highest BCUT2D eigenvalue weighted by atomic mass is 16.1. The lowest BCUT2D eigenvalue weighted by Gasteiger charge is -2.10. The van der Waals surface area contributed by atoms with Crippen LogP contribution < -0.4 is 11.0 Å². The number of nitrogens with zero attached hydrogens (tertiary/aromatic N) is 1. The number of hydrogen-bond acceptors (Lipinski definition) is 3. The molecular formula is C13H19N3O. The number of aromatic amines is 1. The average Bonchev–Trinajstić information content (AvgIpc) is 2.95. The third kappa shape index (κ3) is 2.27. The molecule has 4 heteroatoms. The zero-order chi connectivity index (χ0) is 11.7. The number of rotatable bonds is 3. The van der Waals surface area contributed by atoms with Crippen molar-refractivity contribution in [1.82, 2.24) is 15.3 Å². The highest BCUT2D eigenvalue weighted by molar-refractivity contribution is 5.28. The smallest absolute Gasteiger partial charge is 0.316 e. The van der Waals surface area contributed by atoms with Crippen molar-refractivity contribution in [3.8, 4) is 0 Å². The summed E-state index contributed by atoms with van der Waals surface area (Å²) in [5, 5.41) is 3.38. The molecular weight excluding hydrogens is 214 g/mol. The lowest BCUT2D eigenvalue weighted by molar-refractivity contribution is 0.527. The molecule has 1 unspecified atom stereocenters. The fourth-order valence-electron chi connectivity index (χ4n) is 3.06. The summed E-state index contributed by atoms with van der Waals surface area (Å²) in [5.41, 5.74) is 3.37. The molecule has 1 atom stereocenters. The Balaban J connectivity index is 1.75. The van der Waals surface area contributed by atoms with Crippen molar-refractivity contribution in [2.24, 2.45) is 5.92 Å². The molecule has 0 aromatic carbocycles. The Bertz CT molecular complexity index is 460. The van der Waals surface area contributed by atoms with Crippen molar-refractivity contribution in [3.63, 3.8) is 0 Å². The summed E-state index contributed by atoms with van der Waals surface area (Å²) in [4.78, 5) is 18.5. The molecule has 2 aliphatic rings. The quantitative estimate of drug-likeness (QED) is 0.812. The van der Waals surface area contributed by atoms with Gasteiger partial charge in [0, 0.05) is 5.69 Å². The number of hydrogen-bond donors (Lipinski definition) is 2. The van der Waals surface area contributed by atoms with Crippen molar-refractivity contribution >= 4 is 0 Å². The minimum atomic E-state index is -0.162. The molecule has 1 fully saturated rings. The average molecular weight is 233 g/mol. The predicted octanol–water partition coefficient (Wildman–Crippen LogP) is 0.801. The molecule has 1 saturated heterocycles. The fraction of sp³-hybridized carbons (Fsp3) is 0.692. The maximum Gasteiger partial charge on any atom is 0.345 e. The van der Waals surface area contributed by atoms with E-state index in [-0.39, 0.29) is 5.69 Å². The van der Waals surface area contributed by atoms with Crippen molar-refractivity contribution in [3.05, 3.63) is 27.4 Å². The van der Waals surface area contributed by atoms with Crippen LogP contribution in [0.3, 0.4) is 0 Å². The van der Waals surface area contributed by atoms with E-state index >= 15 is 0 Å². The van der Waals surface area contributed by atoms with E-state index in [0.29, 0.717) is 0 Å². The van der Waals surface area contributed by atoms with Crippen LogP contribution >= 0.6 is 0 Å². The molecule has 0 spiro atoms. The second-order valence-corrected chi connectivity index (χ2v) is 5.20. The molecule has 3 rings (SSSR count). The maximum atomic E-state index is 11.5. The van der Waals surface area contributed by atoms with Gasteiger partial charge in [0.2, 0.25) is 0 Å². The summed E-state index contributed by atoms with van der Waals surface area (Å²) in [5.74, 6) is 0.771. The van der Waals surface area contributed by atoms with E-state index in [1.54, 1.807) is 0 Å². The van der Waals surface area contributed by atoms with E-state index in [9.17, 15) is 4.79 Å². The third-order valence-corrected chi connectivity index (χ3v) is 4.01. The Morgan fingerprint density at radius 1 is 1.35 bits per heavy atom. The largest absolute Gasteiger partial charge is 0.345 e. The second-order valence-electron chi connectivity index (χ2n) is 5.20. The summed E-state index contributed by atoms with van der Waals surface area (Å²) in [6.45, 7) is 2.27. The van der Waals surface area contributed by atoms with Crippen LogP contribution in [0.2, 0.25) is 0 Å². The summed E-state index contributed by atoms with van der Waals surface area (Å²) in [6, 6.07) is 0. The van der Waals surface area contributed by atoms with Gasteiger partial charge in [-0.15, -0.1) is 0 Å². The van der Waals surface area contributed by atoms with E-state index in [0.717, 1.165) is 62.5 Å². The summed E-state index contributed by atoms with van der Waals surface area (Å²) in [7, 11) is 0. The van der Waals surface area contributed by atoms with Gasteiger partial charge in [0.15, 0.2) is 0 Å². The highest BCUT2D eigenvalue weighted by Gasteiger charge is 2.19. The second kappa shape index (κ2) is 4.61. The molecule has 17 heavy (non-hydrogen) atoms. The first kappa shape index (κ1) is 11.0. The van der Waals surface area contributed by atoms with E-state index in [1.807, 2.05) is 0 Å². The predicted molar refractivity (Wildman–Crippen MR) is 66.2 cm³/mol. The molecule has 1 aromatic heterocycles. The van der Waals surface area contributed by atoms with Gasteiger partial charge in [-0.1, -0.05) is 0 Å². The number of H-pyrrole nitrogens is 1. The molecule has 0 saturated carbocycles. The molecule has 92 valence electrons. The minimum absolute atomic E-state index is 0.162. The van der Waals surface area contributed by atoms with Crippen molar-refractivity contribution in [2.75, 3.05) is 13.1 Å². The van der Waals surface area contributed by atoms with Crippen molar-refractivity contribution in [1.29, 1.82) is 0 Å². The van der Waals surface area contributed by atoms with Crippen LogP contribution in [0, 0.1) is 5.92 Å². The maximum absolute atomic E-state index is 11.5. The fourth-order valence-corrected chi connectivity index (χ4v) is 3.06. The van der Waals surface area contributed by atoms with Gasteiger partial charge in [-0.3, -0.25) is 0 Å². The van der Waals surface area contributed by atoms with E-state index in [2.05, 4.69) is 15.3 Å². The Kier molecular flexibility index (Phi) is 2.97. The van der Waals surface area contributed by atoms with Crippen LogP contribution in [-0.2, 0) is 19.3 Å². The van der Waals surface area contributed by atoms with Crippen LogP contribution in [0.25, 0.3) is 0 Å². The van der Waals surface area contributed by atoms with E-state index in [1.165, 1.54) is 12.0 Å². The first-order chi connectivity index (χ1) is 8.33. The molecule has 0 bridgehead atoms. The summed E-state index contributed by atoms with van der Waals surface area (Å²) < 4.78 is 0. The van der Waals surface area contributed by atoms with Crippen molar-refractivity contribution < 1.29 is 0 Å². The molecule has 0 amide bonds. The van der Waals surface area contributed by atoms with Crippen LogP contribution in [0.1, 0.15) is 36.2 Å². The summed E-state index contributed by atoms with van der Waals surface area (Å²) >= 11 is 0. The lowest BCUT2D eigenvalue weighted by atomic mass is 9.99. The normalized spacial score (nSPS) is 22.9. The van der Waals surface area contributed by atoms with Crippen LogP contribution in [-0.4, -0.2) is 23.1 Å². The zero-order valence-corrected chi connectivity index (χ0v) is 10.1. The van der Waals surface area contributed by atoms with Gasteiger partial charge in [0.05, 0.1) is 5.69 Å². The van der Waals surface area contributed by atoms with Crippen LogP contribution in [0.4, 0.5) is 0 Å². The number of aromatic nitrogens is 2. The lowest BCUT2D eigenvalue weighted by Crippen LogP contribution is -2.18. The highest BCUT2D eigenvalue weighted by Crippen LogP contribution is 2.23. The summed E-state index contributed by atoms with van der Waals surface area (Å²) in [6.07, 6.45) is 6.68. The topological polar surface area (TPSA) is 57.8 Å². The van der Waals surface area contributed by atoms with Gasteiger partial charge < -0.3 is 10.3 Å². The van der Waals surface area contributed by atoms with Gasteiger partial charge in [-0.05, 0) is 63.1 Å². The number of fused-ring (bicyclic) bond motifs is 1. The zero-order valence-electron chi connectivity index (χ0n) is 10.1. The minimum Gasteiger partial charge on any atom is -0.316 e. The molecule has 2 N–H and O–H groups in total. The van der Waals surface area contributed by atoms with Gasteiger partial charge in [0.25, 0.3) is 0 Å². The molecule has 1 aromatic rings. The van der Waals surface area contributed by atoms with Gasteiger partial charge in [-0.2, -0.15) is 4.98 Å². The SMILES string of the molecule is O=c1nc(CCC2CCNC2)c2c([nH]1)CCC2. The molecule has 2 heterocycles. The molecule has 1 aliphatic carbocycles. The van der Waals surface area contributed by atoms with Gasteiger partial charge in [-0.25, -0.2) is 4.79 Å². The monoisotopic (exact) mass is 233 g/mol.